The molecule has 0 saturated carbocycles. The molecule has 200 valence electrons. The lowest BCUT2D eigenvalue weighted by Gasteiger charge is -2.34. The summed E-state index contributed by atoms with van der Waals surface area (Å²) in [7, 11) is 4.54. The molecule has 0 N–H and O–H groups in total. The Morgan fingerprint density at radius 2 is 1.61 bits per heavy atom. The molecule has 0 bridgehead atoms. The Kier molecular flexibility index (Phi) is 9.19. The normalized spacial score (nSPS) is 21.2. The van der Waals surface area contributed by atoms with Gasteiger partial charge in [-0.05, 0) is 65.3 Å². The fourth-order valence-electron chi connectivity index (χ4n) is 4.47. The van der Waals surface area contributed by atoms with E-state index in [-0.39, 0.29) is 35.5 Å². The SMILES string of the molecule is COC(=O)c1ccc(OC[C@@H]2C[C@@H](OC3CCN(C(=O)OC(C)(C)C)CC3)CN2C)cc1C(=O)OC. The molecule has 2 saturated heterocycles. The molecule has 36 heavy (non-hydrogen) atoms. The Bertz CT molecular complexity index is 936. The van der Waals surface area contributed by atoms with E-state index in [0.717, 1.165) is 25.8 Å². The summed E-state index contributed by atoms with van der Waals surface area (Å²) in [5.41, 5.74) is -0.276. The van der Waals surface area contributed by atoms with E-state index >= 15 is 0 Å². The minimum absolute atomic E-state index is 0.0778. The molecule has 0 unspecified atom stereocenters. The second-order valence-corrected chi connectivity index (χ2v) is 10.3. The zero-order valence-electron chi connectivity index (χ0n) is 22.1. The van der Waals surface area contributed by atoms with Crippen molar-refractivity contribution in [3.8, 4) is 5.75 Å². The van der Waals surface area contributed by atoms with Gasteiger partial charge in [0.05, 0.1) is 37.6 Å². The van der Waals surface area contributed by atoms with E-state index in [2.05, 4.69) is 4.90 Å². The van der Waals surface area contributed by atoms with E-state index in [4.69, 9.17) is 23.7 Å². The van der Waals surface area contributed by atoms with Gasteiger partial charge in [0.1, 0.15) is 18.0 Å². The van der Waals surface area contributed by atoms with Crippen LogP contribution in [0.2, 0.25) is 0 Å². The number of carbonyl (C=O) groups is 3. The molecule has 2 aliphatic heterocycles. The van der Waals surface area contributed by atoms with Crippen LogP contribution >= 0.6 is 0 Å². The maximum absolute atomic E-state index is 12.3. The van der Waals surface area contributed by atoms with Gasteiger partial charge in [0.15, 0.2) is 0 Å². The average Bonchev–Trinajstić information content (AvgIpc) is 3.19. The number of likely N-dealkylation sites (tertiary alicyclic amines) is 2. The first-order chi connectivity index (χ1) is 17.0. The van der Waals surface area contributed by atoms with Gasteiger partial charge < -0.3 is 28.6 Å². The van der Waals surface area contributed by atoms with Crippen molar-refractivity contribution in [2.24, 2.45) is 0 Å². The number of esters is 2. The number of ether oxygens (including phenoxy) is 5. The molecule has 0 aliphatic carbocycles. The second kappa shape index (κ2) is 11.9. The summed E-state index contributed by atoms with van der Waals surface area (Å²) >= 11 is 0. The highest BCUT2D eigenvalue weighted by molar-refractivity contribution is 6.03. The van der Waals surface area contributed by atoms with Crippen LogP contribution in [0.4, 0.5) is 4.79 Å². The van der Waals surface area contributed by atoms with E-state index in [1.54, 1.807) is 11.0 Å². The van der Waals surface area contributed by atoms with Gasteiger partial charge in [0.25, 0.3) is 0 Å². The molecule has 1 amide bonds. The highest BCUT2D eigenvalue weighted by Gasteiger charge is 2.34. The van der Waals surface area contributed by atoms with E-state index < -0.39 is 17.5 Å². The van der Waals surface area contributed by atoms with Gasteiger partial charge in [-0.3, -0.25) is 4.90 Å². The number of carbonyl (C=O) groups excluding carboxylic acids is 3. The third kappa shape index (κ3) is 7.33. The van der Waals surface area contributed by atoms with Gasteiger partial charge >= 0.3 is 18.0 Å². The Hall–Kier alpha value is -2.85. The maximum atomic E-state index is 12.3. The molecule has 0 aromatic heterocycles. The van der Waals surface area contributed by atoms with Gasteiger partial charge in [-0.1, -0.05) is 0 Å². The lowest BCUT2D eigenvalue weighted by molar-refractivity contribution is -0.0417. The van der Waals surface area contributed by atoms with Crippen molar-refractivity contribution in [2.75, 3.05) is 47.5 Å². The Labute approximate surface area is 212 Å². The molecule has 2 atom stereocenters. The van der Waals surface area contributed by atoms with Crippen LogP contribution in [0.3, 0.4) is 0 Å². The van der Waals surface area contributed by atoms with Crippen LogP contribution in [0.1, 0.15) is 60.7 Å². The van der Waals surface area contributed by atoms with E-state index in [0.29, 0.717) is 25.4 Å². The van der Waals surface area contributed by atoms with Gasteiger partial charge in [0.2, 0.25) is 0 Å². The first kappa shape index (κ1) is 27.7. The van der Waals surface area contributed by atoms with Crippen LogP contribution in [0.5, 0.6) is 5.75 Å². The lowest BCUT2D eigenvalue weighted by Crippen LogP contribution is -2.44. The van der Waals surface area contributed by atoms with Crippen molar-refractivity contribution >= 4 is 18.0 Å². The number of nitrogens with zero attached hydrogens (tertiary/aromatic N) is 2. The van der Waals surface area contributed by atoms with Crippen molar-refractivity contribution in [2.45, 2.75) is 63.9 Å². The summed E-state index contributed by atoms with van der Waals surface area (Å²) in [6, 6.07) is 4.78. The Morgan fingerprint density at radius 3 is 2.22 bits per heavy atom. The topological polar surface area (TPSA) is 104 Å². The van der Waals surface area contributed by atoms with Crippen LogP contribution < -0.4 is 4.74 Å². The molecule has 2 fully saturated rings. The van der Waals surface area contributed by atoms with E-state index in [9.17, 15) is 14.4 Å². The molecule has 1 aromatic rings. The molecular weight excluding hydrogens is 468 g/mol. The second-order valence-electron chi connectivity index (χ2n) is 10.3. The third-order valence-electron chi connectivity index (χ3n) is 6.37. The fourth-order valence-corrected chi connectivity index (χ4v) is 4.47. The quantitative estimate of drug-likeness (QED) is 0.407. The summed E-state index contributed by atoms with van der Waals surface area (Å²) < 4.78 is 27.3. The molecule has 0 radical (unpaired) electrons. The third-order valence-corrected chi connectivity index (χ3v) is 6.37. The van der Waals surface area contributed by atoms with Crippen molar-refractivity contribution < 1.29 is 38.1 Å². The first-order valence-corrected chi connectivity index (χ1v) is 12.3. The minimum atomic E-state index is -0.634. The number of benzene rings is 1. The molecule has 10 nitrogen and oxygen atoms in total. The van der Waals surface area contributed by atoms with E-state index in [1.807, 2.05) is 27.8 Å². The van der Waals surface area contributed by atoms with Crippen LogP contribution in [0, 0.1) is 0 Å². The van der Waals surface area contributed by atoms with Gasteiger partial charge in [-0.15, -0.1) is 0 Å². The molecule has 3 rings (SSSR count). The number of piperidine rings is 1. The summed E-state index contributed by atoms with van der Waals surface area (Å²) in [5.74, 6) is -0.783. The fraction of sp³-hybridized carbons (Fsp3) is 0.654. The standard InChI is InChI=1S/C26H38N2O8/c1-26(2,3)36-25(31)28-11-9-18(10-12-28)35-20-13-17(27(4)15-20)16-34-19-7-8-21(23(29)32-5)22(14-19)24(30)33-6/h7-8,14,17-18,20H,9-13,15-16H2,1-6H3/t17-,20+/m0/s1. The maximum Gasteiger partial charge on any atom is 0.410 e. The van der Waals surface area contributed by atoms with E-state index in [1.165, 1.54) is 26.4 Å². The van der Waals surface area contributed by atoms with Crippen molar-refractivity contribution in [1.82, 2.24) is 9.80 Å². The zero-order valence-corrected chi connectivity index (χ0v) is 22.1. The highest BCUT2D eigenvalue weighted by atomic mass is 16.6. The van der Waals surface area contributed by atoms with Crippen LogP contribution in [-0.4, -0.2) is 99.2 Å². The Morgan fingerprint density at radius 1 is 0.972 bits per heavy atom. The highest BCUT2D eigenvalue weighted by Crippen LogP contribution is 2.26. The van der Waals surface area contributed by atoms with Gasteiger partial charge in [0, 0.05) is 25.7 Å². The summed E-state index contributed by atoms with van der Waals surface area (Å²) in [5, 5.41) is 0. The first-order valence-electron chi connectivity index (χ1n) is 12.3. The van der Waals surface area contributed by atoms with Crippen molar-refractivity contribution in [3.63, 3.8) is 0 Å². The van der Waals surface area contributed by atoms with Crippen molar-refractivity contribution in [1.29, 1.82) is 0 Å². The summed E-state index contributed by atoms with van der Waals surface area (Å²) in [6.45, 7) is 8.05. The van der Waals surface area contributed by atoms with Crippen LogP contribution in [0.15, 0.2) is 18.2 Å². The molecule has 0 spiro atoms. The van der Waals surface area contributed by atoms with Crippen LogP contribution in [-0.2, 0) is 18.9 Å². The summed E-state index contributed by atoms with van der Waals surface area (Å²) in [6.07, 6.45) is 2.29. The van der Waals surface area contributed by atoms with Gasteiger partial charge in [-0.2, -0.15) is 0 Å². The number of methoxy groups -OCH3 is 2. The van der Waals surface area contributed by atoms with Crippen molar-refractivity contribution in [3.05, 3.63) is 29.3 Å². The smallest absolute Gasteiger partial charge is 0.410 e. The average molecular weight is 507 g/mol. The molecule has 10 heteroatoms. The summed E-state index contributed by atoms with van der Waals surface area (Å²) in [4.78, 5) is 40.3. The van der Waals surface area contributed by atoms with Crippen LogP contribution in [0.25, 0.3) is 0 Å². The number of hydrogen-bond donors (Lipinski definition) is 0. The Balaban J connectivity index is 1.49. The number of hydrogen-bond acceptors (Lipinski definition) is 9. The molecule has 2 heterocycles. The predicted octanol–water partition coefficient (Wildman–Crippen LogP) is 3.13. The zero-order chi connectivity index (χ0) is 26.5. The molecule has 2 aliphatic rings. The predicted molar refractivity (Wildman–Crippen MR) is 131 cm³/mol. The number of amides is 1. The largest absolute Gasteiger partial charge is 0.492 e. The number of likely N-dealkylation sites (N-methyl/N-ethyl adjacent to an activating group) is 1. The monoisotopic (exact) mass is 506 g/mol. The number of rotatable bonds is 7. The van der Waals surface area contributed by atoms with Gasteiger partial charge in [-0.25, -0.2) is 14.4 Å². The minimum Gasteiger partial charge on any atom is -0.492 e. The lowest BCUT2D eigenvalue weighted by atomic mass is 10.1. The molecular formula is C26H38N2O8. The molecule has 1 aromatic carbocycles.